The van der Waals surface area contributed by atoms with Crippen molar-refractivity contribution in [3.63, 3.8) is 0 Å². The summed E-state index contributed by atoms with van der Waals surface area (Å²) in [5, 5.41) is 15.4. The summed E-state index contributed by atoms with van der Waals surface area (Å²) in [5.41, 5.74) is -0.513. The van der Waals surface area contributed by atoms with Crippen molar-refractivity contribution in [1.29, 1.82) is 0 Å². The molecule has 1 spiro atoms. The Morgan fingerprint density at radius 1 is 1.48 bits per heavy atom. The number of aromatic nitrogens is 1. The van der Waals surface area contributed by atoms with Crippen LogP contribution in [0.5, 0.6) is 0 Å². The van der Waals surface area contributed by atoms with Gasteiger partial charge >= 0.3 is 5.97 Å². The van der Waals surface area contributed by atoms with Gasteiger partial charge in [-0.25, -0.2) is 9.78 Å². The second-order valence-corrected chi connectivity index (χ2v) is 7.69. The quantitative estimate of drug-likeness (QED) is 0.847. The minimum Gasteiger partial charge on any atom is -0.480 e. The van der Waals surface area contributed by atoms with Gasteiger partial charge in [-0.3, -0.25) is 0 Å². The van der Waals surface area contributed by atoms with Crippen LogP contribution in [0, 0.1) is 0 Å². The Kier molecular flexibility index (Phi) is 4.36. The fourth-order valence-corrected chi connectivity index (χ4v) is 4.97. The van der Waals surface area contributed by atoms with Crippen molar-refractivity contribution in [2.45, 2.75) is 49.7 Å². The van der Waals surface area contributed by atoms with Gasteiger partial charge in [0.2, 0.25) is 0 Å². The molecule has 1 atom stereocenters. The summed E-state index contributed by atoms with van der Waals surface area (Å²) in [6.07, 6.45) is 6.82. The first kappa shape index (κ1) is 15.4. The summed E-state index contributed by atoms with van der Waals surface area (Å²) in [4.78, 5) is 15.4. The monoisotopic (exact) mass is 374 g/mol. The summed E-state index contributed by atoms with van der Waals surface area (Å²) in [6.45, 7) is 0.356. The van der Waals surface area contributed by atoms with Crippen molar-refractivity contribution >= 4 is 33.2 Å². The second-order valence-electron chi connectivity index (χ2n) is 6.02. The molecule has 3 rings (SSSR count). The molecule has 2 fully saturated rings. The number of carboxylic acid groups (broad SMARTS) is 1. The number of aliphatic carboxylic acids is 1. The number of carbonyl (C=O) groups is 1. The van der Waals surface area contributed by atoms with Crippen molar-refractivity contribution in [1.82, 2.24) is 10.3 Å². The molecule has 2 aliphatic rings. The number of hydrogen-bond acceptors (Lipinski definition) is 5. The normalized spacial score (nSPS) is 28.0. The molecule has 1 saturated carbocycles. The smallest absolute Gasteiger partial charge is 0.329 e. The van der Waals surface area contributed by atoms with E-state index in [1.165, 1.54) is 30.6 Å². The molecule has 1 aliphatic heterocycles. The molecule has 116 valence electrons. The van der Waals surface area contributed by atoms with Crippen LogP contribution in [0.2, 0.25) is 0 Å². The average Bonchev–Trinajstić information content (AvgIpc) is 3.04. The molecule has 1 aromatic rings. The van der Waals surface area contributed by atoms with Crippen molar-refractivity contribution in [3.05, 3.63) is 15.0 Å². The zero-order valence-corrected chi connectivity index (χ0v) is 14.1. The van der Waals surface area contributed by atoms with E-state index in [9.17, 15) is 4.79 Å². The summed E-state index contributed by atoms with van der Waals surface area (Å²) >= 11 is 4.91. The van der Waals surface area contributed by atoms with Crippen LogP contribution in [0.4, 0.5) is 0 Å². The molecule has 0 radical (unpaired) electrons. The summed E-state index contributed by atoms with van der Waals surface area (Å²) < 4.78 is 6.63. The van der Waals surface area contributed by atoms with E-state index in [2.05, 4.69) is 26.2 Å². The van der Waals surface area contributed by atoms with Crippen molar-refractivity contribution in [2.24, 2.45) is 0 Å². The lowest BCUT2D eigenvalue weighted by Crippen LogP contribution is -2.41. The highest BCUT2D eigenvalue weighted by Gasteiger charge is 2.51. The lowest BCUT2D eigenvalue weighted by Gasteiger charge is -2.35. The van der Waals surface area contributed by atoms with E-state index < -0.39 is 11.6 Å². The highest BCUT2D eigenvalue weighted by atomic mass is 79.9. The predicted octanol–water partition coefficient (Wildman–Crippen LogP) is 2.90. The van der Waals surface area contributed by atoms with E-state index in [4.69, 9.17) is 9.84 Å². The van der Waals surface area contributed by atoms with Crippen molar-refractivity contribution in [3.8, 4) is 0 Å². The maximum Gasteiger partial charge on any atom is 0.329 e. The van der Waals surface area contributed by atoms with E-state index in [-0.39, 0.29) is 12.1 Å². The van der Waals surface area contributed by atoms with E-state index in [0.29, 0.717) is 6.54 Å². The lowest BCUT2D eigenvalue weighted by atomic mass is 9.78. The highest BCUT2D eigenvalue weighted by molar-refractivity contribution is 9.10. The maximum atomic E-state index is 10.9. The van der Waals surface area contributed by atoms with Crippen LogP contribution < -0.4 is 5.32 Å². The topological polar surface area (TPSA) is 71.5 Å². The average molecular weight is 375 g/mol. The Hall–Kier alpha value is -0.500. The van der Waals surface area contributed by atoms with Crippen molar-refractivity contribution in [2.75, 3.05) is 13.2 Å². The second kappa shape index (κ2) is 5.95. The van der Waals surface area contributed by atoms with Crippen molar-refractivity contribution < 1.29 is 14.6 Å². The van der Waals surface area contributed by atoms with Gasteiger partial charge in [-0.1, -0.05) is 19.3 Å². The van der Waals surface area contributed by atoms with E-state index in [0.717, 1.165) is 28.9 Å². The molecule has 1 saturated heterocycles. The third kappa shape index (κ3) is 3.16. The summed E-state index contributed by atoms with van der Waals surface area (Å²) in [5.74, 6) is -0.936. The van der Waals surface area contributed by atoms with Gasteiger partial charge in [0, 0.05) is 23.9 Å². The van der Waals surface area contributed by atoms with Gasteiger partial charge in [0.15, 0.2) is 0 Å². The molecular formula is C14H19BrN2O3S. The molecule has 1 unspecified atom stereocenters. The Bertz CT molecular complexity index is 530. The zero-order valence-electron chi connectivity index (χ0n) is 11.7. The lowest BCUT2D eigenvalue weighted by molar-refractivity contribution is -0.149. The number of nitrogens with one attached hydrogen (secondary N) is 1. The Labute approximate surface area is 136 Å². The molecule has 2 heterocycles. The van der Waals surface area contributed by atoms with E-state index in [1.807, 2.05) is 5.38 Å². The molecule has 21 heavy (non-hydrogen) atoms. The first-order valence-electron chi connectivity index (χ1n) is 7.26. The first-order valence-corrected chi connectivity index (χ1v) is 8.93. The summed E-state index contributed by atoms with van der Waals surface area (Å²) in [6, 6.07) is 0. The van der Waals surface area contributed by atoms with Gasteiger partial charge in [-0.15, -0.1) is 11.3 Å². The van der Waals surface area contributed by atoms with Gasteiger partial charge in [-0.2, -0.15) is 0 Å². The SMILES string of the molecule is O=C(O)COC1(c2nc(Br)cs2)CNC2(CCCCC2)C1. The Balaban J connectivity index is 1.85. The zero-order chi connectivity index (χ0) is 14.9. The summed E-state index contributed by atoms with van der Waals surface area (Å²) in [7, 11) is 0. The van der Waals surface area contributed by atoms with Gasteiger partial charge in [-0.05, 0) is 28.8 Å². The van der Waals surface area contributed by atoms with Crippen LogP contribution in [0.15, 0.2) is 9.98 Å². The third-order valence-corrected chi connectivity index (χ3v) is 6.26. The van der Waals surface area contributed by atoms with E-state index >= 15 is 0 Å². The maximum absolute atomic E-state index is 10.9. The standard InChI is InChI=1S/C14H19BrN2O3S/c15-10-7-21-12(17-10)14(20-6-11(18)19)8-13(16-9-14)4-2-1-3-5-13/h7,16H,1-6,8-9H2,(H,18,19). The fourth-order valence-electron chi connectivity index (χ4n) is 3.56. The number of thiazole rings is 1. The Morgan fingerprint density at radius 3 is 2.86 bits per heavy atom. The van der Waals surface area contributed by atoms with Gasteiger partial charge < -0.3 is 15.2 Å². The predicted molar refractivity (Wildman–Crippen MR) is 83.5 cm³/mol. The molecule has 5 nitrogen and oxygen atoms in total. The third-order valence-electron chi connectivity index (χ3n) is 4.52. The fraction of sp³-hybridized carbons (Fsp3) is 0.714. The van der Waals surface area contributed by atoms with Crippen LogP contribution in [-0.4, -0.2) is 34.8 Å². The van der Waals surface area contributed by atoms with Gasteiger partial charge in [0.05, 0.1) is 0 Å². The van der Waals surface area contributed by atoms with Crippen LogP contribution in [-0.2, 0) is 15.1 Å². The van der Waals surface area contributed by atoms with E-state index in [1.54, 1.807) is 0 Å². The largest absolute Gasteiger partial charge is 0.480 e. The minimum absolute atomic E-state index is 0.0922. The first-order chi connectivity index (χ1) is 10.0. The molecule has 7 heteroatoms. The van der Waals surface area contributed by atoms with Gasteiger partial charge in [0.1, 0.15) is 21.8 Å². The van der Waals surface area contributed by atoms with Crippen LogP contribution in [0.25, 0.3) is 0 Å². The molecule has 0 bridgehead atoms. The van der Waals surface area contributed by atoms with Crippen LogP contribution in [0.3, 0.4) is 0 Å². The number of ether oxygens (including phenoxy) is 1. The number of hydrogen-bond donors (Lipinski definition) is 2. The Morgan fingerprint density at radius 2 is 2.24 bits per heavy atom. The molecular weight excluding hydrogens is 356 g/mol. The van der Waals surface area contributed by atoms with Gasteiger partial charge in [0.25, 0.3) is 0 Å². The molecule has 2 N–H and O–H groups in total. The van der Waals surface area contributed by atoms with Crippen LogP contribution in [0.1, 0.15) is 43.5 Å². The minimum atomic E-state index is -0.936. The molecule has 1 aromatic heterocycles. The van der Waals surface area contributed by atoms with Crippen LogP contribution >= 0.6 is 27.3 Å². The number of halogens is 1. The molecule has 0 amide bonds. The molecule has 0 aromatic carbocycles. The number of rotatable bonds is 4. The molecule has 1 aliphatic carbocycles. The number of nitrogens with zero attached hydrogens (tertiary/aromatic N) is 1. The number of carboxylic acids is 1. The highest BCUT2D eigenvalue weighted by Crippen LogP contribution is 2.46.